The first kappa shape index (κ1) is 39.3. The van der Waals surface area contributed by atoms with Crippen LogP contribution in [-0.2, 0) is 0 Å². The van der Waals surface area contributed by atoms with Crippen LogP contribution in [0.25, 0.3) is 87.0 Å². The number of para-hydroxylation sites is 2. The summed E-state index contributed by atoms with van der Waals surface area (Å²) in [6.07, 6.45) is 0. The van der Waals surface area contributed by atoms with Gasteiger partial charge in [0, 0.05) is 39.4 Å². The van der Waals surface area contributed by atoms with E-state index < -0.39 is 0 Å². The van der Waals surface area contributed by atoms with Crippen molar-refractivity contribution in [1.29, 1.82) is 0 Å². The number of anilines is 6. The smallest absolute Gasteiger partial charge is 0.138 e. The van der Waals surface area contributed by atoms with Gasteiger partial charge in [-0.05, 0) is 149 Å². The molecule has 0 bridgehead atoms. The number of hydrogen-bond acceptors (Lipinski definition) is 3. The van der Waals surface area contributed by atoms with E-state index in [-0.39, 0.29) is 0 Å². The Hall–Kier alpha value is -9.05. The summed E-state index contributed by atoms with van der Waals surface area (Å²) in [4.78, 5) is 10.5. The van der Waals surface area contributed by atoms with Crippen molar-refractivity contribution in [3.05, 3.63) is 261 Å². The zero-order chi connectivity index (χ0) is 45.0. The molecule has 3 heteroatoms. The zero-order valence-electron chi connectivity index (χ0n) is 37.2. The quantitative estimate of drug-likeness (QED) is 0.112. The zero-order valence-corrected chi connectivity index (χ0v) is 37.2. The Morgan fingerprint density at radius 1 is 0.250 bits per heavy atom. The summed E-state index contributed by atoms with van der Waals surface area (Å²) in [7, 11) is 0. The Balaban J connectivity index is 1.15. The number of fused-ring (bicyclic) bond motifs is 7. The van der Waals surface area contributed by atoms with Crippen molar-refractivity contribution in [2.24, 2.45) is 0 Å². The van der Waals surface area contributed by atoms with Crippen molar-refractivity contribution in [3.63, 3.8) is 0 Å². The van der Waals surface area contributed by atoms with Gasteiger partial charge in [0.1, 0.15) is 5.82 Å². The molecule has 0 aliphatic heterocycles. The fourth-order valence-corrected chi connectivity index (χ4v) is 10.4. The number of pyridine rings is 1. The Bertz CT molecular complexity index is 4030. The molecule has 0 N–H and O–H groups in total. The highest BCUT2D eigenvalue weighted by atomic mass is 15.2. The van der Waals surface area contributed by atoms with E-state index >= 15 is 0 Å². The summed E-state index contributed by atoms with van der Waals surface area (Å²) in [5.41, 5.74) is 10.8. The predicted molar refractivity (Wildman–Crippen MR) is 290 cm³/mol. The summed E-state index contributed by atoms with van der Waals surface area (Å²) in [5.74, 6) is 0.841. The van der Waals surface area contributed by atoms with Crippen LogP contribution in [0.5, 0.6) is 0 Å². The lowest BCUT2D eigenvalue weighted by Crippen LogP contribution is -2.12. The van der Waals surface area contributed by atoms with Crippen LogP contribution in [0.1, 0.15) is 0 Å². The molecule has 1 heterocycles. The van der Waals surface area contributed by atoms with E-state index in [1.54, 1.807) is 0 Å². The van der Waals surface area contributed by atoms with E-state index in [9.17, 15) is 0 Å². The molecule has 0 spiro atoms. The molecule has 0 amide bonds. The van der Waals surface area contributed by atoms with Gasteiger partial charge in [-0.1, -0.05) is 182 Å². The standard InChI is InChI=1S/C65H43N3/c1-4-20-46(21-5-1)63-58-37-36-54(67(50-25-6-2-7-26-50)52-34-32-44-18-10-12-22-47(44)40-52)43-61(58)64(60-42-49-24-14-15-29-55(49)56-30-16-17-31-57(56)60)59-38-39-62(66-65(59)63)68(51-27-8-3-9-28-51)53-35-33-45-19-11-13-23-48(45)41-53/h1-43H. The van der Waals surface area contributed by atoms with Crippen molar-refractivity contribution in [1.82, 2.24) is 4.98 Å². The maximum atomic E-state index is 5.86. The molecule has 0 saturated carbocycles. The fraction of sp³-hybridized carbons (Fsp3) is 0. The van der Waals surface area contributed by atoms with E-state index in [0.717, 1.165) is 72.6 Å². The van der Waals surface area contributed by atoms with Crippen LogP contribution in [-0.4, -0.2) is 4.98 Å². The normalized spacial score (nSPS) is 11.5. The molecule has 68 heavy (non-hydrogen) atoms. The third-order valence-electron chi connectivity index (χ3n) is 13.5. The lowest BCUT2D eigenvalue weighted by Gasteiger charge is -2.28. The number of aromatic nitrogens is 1. The van der Waals surface area contributed by atoms with Gasteiger partial charge in [0.2, 0.25) is 0 Å². The molecular formula is C65H43N3. The molecule has 1 aromatic heterocycles. The van der Waals surface area contributed by atoms with Crippen LogP contribution in [0.15, 0.2) is 261 Å². The highest BCUT2D eigenvalue weighted by molar-refractivity contribution is 6.25. The predicted octanol–water partition coefficient (Wildman–Crippen LogP) is 18.3. The van der Waals surface area contributed by atoms with Gasteiger partial charge in [0.05, 0.1) is 5.52 Å². The second-order valence-corrected chi connectivity index (χ2v) is 17.5. The van der Waals surface area contributed by atoms with Crippen molar-refractivity contribution in [2.45, 2.75) is 0 Å². The minimum Gasteiger partial charge on any atom is -0.310 e. The van der Waals surface area contributed by atoms with Crippen molar-refractivity contribution in [3.8, 4) is 22.3 Å². The molecule has 0 aliphatic rings. The lowest BCUT2D eigenvalue weighted by atomic mass is 9.85. The van der Waals surface area contributed by atoms with E-state index in [0.29, 0.717) is 0 Å². The molecule has 13 rings (SSSR count). The van der Waals surface area contributed by atoms with Crippen LogP contribution >= 0.6 is 0 Å². The maximum absolute atomic E-state index is 5.86. The molecule has 3 nitrogen and oxygen atoms in total. The van der Waals surface area contributed by atoms with E-state index in [1.807, 2.05) is 0 Å². The average molecular weight is 866 g/mol. The average Bonchev–Trinajstić information content (AvgIpc) is 3.41. The van der Waals surface area contributed by atoms with Gasteiger partial charge in [0.15, 0.2) is 0 Å². The molecular weight excluding hydrogens is 823 g/mol. The molecule has 0 saturated heterocycles. The largest absolute Gasteiger partial charge is 0.310 e. The number of nitrogens with zero attached hydrogens (tertiary/aromatic N) is 3. The van der Waals surface area contributed by atoms with Gasteiger partial charge >= 0.3 is 0 Å². The molecule has 0 fully saturated rings. The first-order valence-electron chi connectivity index (χ1n) is 23.3. The minimum absolute atomic E-state index is 0.841. The topological polar surface area (TPSA) is 19.4 Å². The summed E-state index contributed by atoms with van der Waals surface area (Å²) >= 11 is 0. The monoisotopic (exact) mass is 865 g/mol. The van der Waals surface area contributed by atoms with Crippen LogP contribution in [0.2, 0.25) is 0 Å². The first-order valence-corrected chi connectivity index (χ1v) is 23.3. The van der Waals surface area contributed by atoms with Crippen LogP contribution in [0, 0.1) is 0 Å². The highest BCUT2D eigenvalue weighted by Gasteiger charge is 2.24. The first-order chi connectivity index (χ1) is 33.7. The lowest BCUT2D eigenvalue weighted by molar-refractivity contribution is 1.21. The third kappa shape index (κ3) is 6.71. The SMILES string of the molecule is c1ccc(-c2c3ccc(N(c4ccccc4)c4ccc5ccccc5c4)cc3c(-c3cc4ccccc4c4ccccc34)c3ccc(N(c4ccccc4)c4ccc5ccccc5c4)nc23)cc1. The van der Waals surface area contributed by atoms with Gasteiger partial charge in [0.25, 0.3) is 0 Å². The summed E-state index contributed by atoms with van der Waals surface area (Å²) < 4.78 is 0. The molecule has 0 atom stereocenters. The molecule has 0 unspecified atom stereocenters. The van der Waals surface area contributed by atoms with Gasteiger partial charge in [-0.3, -0.25) is 4.90 Å². The molecule has 318 valence electrons. The fourth-order valence-electron chi connectivity index (χ4n) is 10.4. The van der Waals surface area contributed by atoms with Gasteiger partial charge in [-0.15, -0.1) is 0 Å². The molecule has 12 aromatic carbocycles. The van der Waals surface area contributed by atoms with Gasteiger partial charge < -0.3 is 4.90 Å². The number of benzene rings is 12. The van der Waals surface area contributed by atoms with Crippen molar-refractivity contribution >= 4 is 99.0 Å². The van der Waals surface area contributed by atoms with Crippen LogP contribution in [0.3, 0.4) is 0 Å². The van der Waals surface area contributed by atoms with Crippen LogP contribution < -0.4 is 9.80 Å². The minimum atomic E-state index is 0.841. The maximum Gasteiger partial charge on any atom is 0.138 e. The molecule has 13 aromatic rings. The van der Waals surface area contributed by atoms with Crippen molar-refractivity contribution < 1.29 is 0 Å². The Kier molecular flexibility index (Phi) is 9.50. The third-order valence-corrected chi connectivity index (χ3v) is 13.5. The Morgan fingerprint density at radius 2 is 0.735 bits per heavy atom. The number of hydrogen-bond donors (Lipinski definition) is 0. The Labute approximate surface area is 395 Å². The highest BCUT2D eigenvalue weighted by Crippen LogP contribution is 2.49. The van der Waals surface area contributed by atoms with E-state index in [4.69, 9.17) is 4.98 Å². The second kappa shape index (κ2) is 16.4. The number of rotatable bonds is 8. The molecule has 0 aliphatic carbocycles. The van der Waals surface area contributed by atoms with Crippen molar-refractivity contribution in [2.75, 3.05) is 9.80 Å². The molecule has 0 radical (unpaired) electrons. The second-order valence-electron chi connectivity index (χ2n) is 17.5. The van der Waals surface area contributed by atoms with Gasteiger partial charge in [-0.25, -0.2) is 4.98 Å². The van der Waals surface area contributed by atoms with E-state index in [1.165, 1.54) is 48.7 Å². The summed E-state index contributed by atoms with van der Waals surface area (Å²) in [6, 6.07) is 94.4. The summed E-state index contributed by atoms with van der Waals surface area (Å²) in [6.45, 7) is 0. The van der Waals surface area contributed by atoms with Crippen LogP contribution in [0.4, 0.5) is 34.3 Å². The van der Waals surface area contributed by atoms with Gasteiger partial charge in [-0.2, -0.15) is 0 Å². The summed E-state index contributed by atoms with van der Waals surface area (Å²) in [5, 5.41) is 13.0. The van der Waals surface area contributed by atoms with E-state index in [2.05, 4.69) is 271 Å². The Morgan fingerprint density at radius 3 is 1.40 bits per heavy atom.